The SMILES string of the molecule is CC(NC1CCC(C(C)(C)C)CC1)c1ccc(Cl)cc1Cl. The zero-order valence-electron chi connectivity index (χ0n) is 13.5. The van der Waals surface area contributed by atoms with Gasteiger partial charge in [0.25, 0.3) is 0 Å². The topological polar surface area (TPSA) is 12.0 Å². The van der Waals surface area contributed by atoms with Crippen molar-refractivity contribution in [1.82, 2.24) is 5.32 Å². The van der Waals surface area contributed by atoms with E-state index in [1.54, 1.807) is 0 Å². The molecule has 1 N–H and O–H groups in total. The molecule has 1 aromatic rings. The molecule has 1 saturated carbocycles. The van der Waals surface area contributed by atoms with Gasteiger partial charge < -0.3 is 5.32 Å². The Morgan fingerprint density at radius 2 is 1.71 bits per heavy atom. The van der Waals surface area contributed by atoms with Crippen LogP contribution in [-0.2, 0) is 0 Å². The Morgan fingerprint density at radius 1 is 1.10 bits per heavy atom. The van der Waals surface area contributed by atoms with Crippen LogP contribution < -0.4 is 5.32 Å². The summed E-state index contributed by atoms with van der Waals surface area (Å²) in [6.45, 7) is 9.27. The van der Waals surface area contributed by atoms with E-state index in [9.17, 15) is 0 Å². The standard InChI is InChI=1S/C18H27Cl2N/c1-12(16-10-7-14(19)11-17(16)20)21-15-8-5-13(6-9-15)18(2,3)4/h7,10-13,15,21H,5-6,8-9H2,1-4H3. The fourth-order valence-electron chi connectivity index (χ4n) is 3.42. The van der Waals surface area contributed by atoms with Crippen molar-refractivity contribution >= 4 is 23.2 Å². The van der Waals surface area contributed by atoms with Gasteiger partial charge in [0.1, 0.15) is 0 Å². The van der Waals surface area contributed by atoms with Gasteiger partial charge in [-0.05, 0) is 61.6 Å². The molecule has 1 aliphatic rings. The van der Waals surface area contributed by atoms with E-state index in [0.29, 0.717) is 16.5 Å². The molecule has 1 fully saturated rings. The van der Waals surface area contributed by atoms with Crippen LogP contribution in [0.2, 0.25) is 10.0 Å². The Balaban J connectivity index is 1.91. The lowest BCUT2D eigenvalue weighted by atomic mass is 9.71. The van der Waals surface area contributed by atoms with Gasteiger partial charge in [0.05, 0.1) is 0 Å². The second-order valence-corrected chi connectivity index (χ2v) is 8.31. The van der Waals surface area contributed by atoms with Gasteiger partial charge in [-0.25, -0.2) is 0 Å². The van der Waals surface area contributed by atoms with E-state index in [1.165, 1.54) is 25.7 Å². The zero-order chi connectivity index (χ0) is 15.6. The van der Waals surface area contributed by atoms with Gasteiger partial charge in [-0.1, -0.05) is 50.0 Å². The normalized spacial score (nSPS) is 24.9. The lowest BCUT2D eigenvalue weighted by molar-refractivity contribution is 0.157. The fourth-order valence-corrected chi connectivity index (χ4v) is 3.99. The summed E-state index contributed by atoms with van der Waals surface area (Å²) in [6, 6.07) is 6.64. The molecule has 0 bridgehead atoms. The van der Waals surface area contributed by atoms with Crippen molar-refractivity contribution in [3.63, 3.8) is 0 Å². The first-order chi connectivity index (χ1) is 9.77. The highest BCUT2D eigenvalue weighted by molar-refractivity contribution is 6.35. The summed E-state index contributed by atoms with van der Waals surface area (Å²) in [5, 5.41) is 5.19. The van der Waals surface area contributed by atoms with E-state index in [-0.39, 0.29) is 6.04 Å². The van der Waals surface area contributed by atoms with Gasteiger partial charge in [0.2, 0.25) is 0 Å². The van der Waals surface area contributed by atoms with E-state index >= 15 is 0 Å². The Labute approximate surface area is 139 Å². The minimum Gasteiger partial charge on any atom is -0.307 e. The highest BCUT2D eigenvalue weighted by atomic mass is 35.5. The van der Waals surface area contributed by atoms with Crippen LogP contribution >= 0.6 is 23.2 Å². The van der Waals surface area contributed by atoms with Crippen LogP contribution in [0, 0.1) is 11.3 Å². The molecule has 1 aromatic carbocycles. The van der Waals surface area contributed by atoms with E-state index in [2.05, 4.69) is 33.0 Å². The number of halogens is 2. The van der Waals surface area contributed by atoms with Crippen molar-refractivity contribution < 1.29 is 0 Å². The summed E-state index contributed by atoms with van der Waals surface area (Å²) in [5.74, 6) is 0.852. The maximum absolute atomic E-state index is 6.30. The molecule has 0 amide bonds. The first kappa shape index (κ1) is 17.1. The van der Waals surface area contributed by atoms with Gasteiger partial charge in [-0.15, -0.1) is 0 Å². The first-order valence-electron chi connectivity index (χ1n) is 7.98. The molecule has 21 heavy (non-hydrogen) atoms. The molecule has 0 aliphatic heterocycles. The molecule has 1 unspecified atom stereocenters. The number of hydrogen-bond acceptors (Lipinski definition) is 1. The van der Waals surface area contributed by atoms with E-state index < -0.39 is 0 Å². The molecule has 0 spiro atoms. The monoisotopic (exact) mass is 327 g/mol. The van der Waals surface area contributed by atoms with Gasteiger partial charge in [0.15, 0.2) is 0 Å². The third kappa shape index (κ3) is 4.61. The molecule has 0 heterocycles. The molecule has 1 aliphatic carbocycles. The molecular weight excluding hydrogens is 301 g/mol. The van der Waals surface area contributed by atoms with Crippen LogP contribution in [-0.4, -0.2) is 6.04 Å². The second kappa shape index (κ2) is 6.89. The fraction of sp³-hybridized carbons (Fsp3) is 0.667. The summed E-state index contributed by atoms with van der Waals surface area (Å²) in [7, 11) is 0. The van der Waals surface area contributed by atoms with Crippen molar-refractivity contribution in [3.8, 4) is 0 Å². The highest BCUT2D eigenvalue weighted by Gasteiger charge is 2.30. The smallest absolute Gasteiger partial charge is 0.0468 e. The Bertz CT molecular complexity index is 471. The Kier molecular flexibility index (Phi) is 5.62. The first-order valence-corrected chi connectivity index (χ1v) is 8.74. The number of benzene rings is 1. The van der Waals surface area contributed by atoms with Gasteiger partial charge in [0, 0.05) is 22.1 Å². The number of hydrogen-bond donors (Lipinski definition) is 1. The molecule has 3 heteroatoms. The van der Waals surface area contributed by atoms with Crippen molar-refractivity contribution in [2.75, 3.05) is 0 Å². The summed E-state index contributed by atoms with van der Waals surface area (Å²) >= 11 is 12.3. The molecular formula is C18H27Cl2N. The van der Waals surface area contributed by atoms with Crippen LogP contribution in [0.3, 0.4) is 0 Å². The third-order valence-electron chi connectivity index (χ3n) is 4.87. The largest absolute Gasteiger partial charge is 0.307 e. The maximum atomic E-state index is 6.30. The minimum absolute atomic E-state index is 0.269. The molecule has 0 saturated heterocycles. The number of nitrogens with one attached hydrogen (secondary N) is 1. The summed E-state index contributed by atoms with van der Waals surface area (Å²) in [5.41, 5.74) is 1.58. The molecule has 2 rings (SSSR count). The van der Waals surface area contributed by atoms with Crippen molar-refractivity contribution in [3.05, 3.63) is 33.8 Å². The van der Waals surface area contributed by atoms with E-state index in [4.69, 9.17) is 23.2 Å². The lowest BCUT2D eigenvalue weighted by Crippen LogP contribution is -2.37. The lowest BCUT2D eigenvalue weighted by Gasteiger charge is -2.38. The van der Waals surface area contributed by atoms with Crippen LogP contribution in [0.25, 0.3) is 0 Å². The molecule has 0 aromatic heterocycles. The van der Waals surface area contributed by atoms with Crippen LogP contribution in [0.5, 0.6) is 0 Å². The average Bonchev–Trinajstić information content (AvgIpc) is 2.38. The van der Waals surface area contributed by atoms with Crippen LogP contribution in [0.1, 0.15) is 65.0 Å². The molecule has 1 atom stereocenters. The van der Waals surface area contributed by atoms with E-state index in [0.717, 1.165) is 16.5 Å². The predicted octanol–water partition coefficient (Wildman–Crippen LogP) is 6.25. The molecule has 1 nitrogen and oxygen atoms in total. The summed E-state index contributed by atoms with van der Waals surface area (Å²) in [4.78, 5) is 0. The molecule has 0 radical (unpaired) electrons. The Hall–Kier alpha value is -0.240. The van der Waals surface area contributed by atoms with Crippen molar-refractivity contribution in [1.29, 1.82) is 0 Å². The third-order valence-corrected chi connectivity index (χ3v) is 5.43. The average molecular weight is 328 g/mol. The van der Waals surface area contributed by atoms with Crippen LogP contribution in [0.4, 0.5) is 0 Å². The van der Waals surface area contributed by atoms with E-state index in [1.807, 2.05) is 18.2 Å². The van der Waals surface area contributed by atoms with Crippen LogP contribution in [0.15, 0.2) is 18.2 Å². The predicted molar refractivity (Wildman–Crippen MR) is 93.2 cm³/mol. The van der Waals surface area contributed by atoms with Gasteiger partial charge >= 0.3 is 0 Å². The summed E-state index contributed by atoms with van der Waals surface area (Å²) in [6.07, 6.45) is 5.17. The van der Waals surface area contributed by atoms with Crippen molar-refractivity contribution in [2.45, 2.75) is 65.5 Å². The Morgan fingerprint density at radius 3 is 2.24 bits per heavy atom. The minimum atomic E-state index is 0.269. The zero-order valence-corrected chi connectivity index (χ0v) is 15.1. The quantitative estimate of drug-likeness (QED) is 0.691. The molecule has 118 valence electrons. The number of rotatable bonds is 3. The maximum Gasteiger partial charge on any atom is 0.0468 e. The summed E-state index contributed by atoms with van der Waals surface area (Å²) < 4.78 is 0. The highest BCUT2D eigenvalue weighted by Crippen LogP contribution is 2.38. The van der Waals surface area contributed by atoms with Gasteiger partial charge in [-0.3, -0.25) is 0 Å². The van der Waals surface area contributed by atoms with Gasteiger partial charge in [-0.2, -0.15) is 0 Å². The second-order valence-electron chi connectivity index (χ2n) is 7.47. The van der Waals surface area contributed by atoms with Crippen molar-refractivity contribution in [2.24, 2.45) is 11.3 Å².